The fourth-order valence-electron chi connectivity index (χ4n) is 0.646. The summed E-state index contributed by atoms with van der Waals surface area (Å²) in [4.78, 5) is 0. The zero-order valence-corrected chi connectivity index (χ0v) is 5.16. The van der Waals surface area contributed by atoms with Crippen LogP contribution >= 0.6 is 11.8 Å². The first-order valence-corrected chi connectivity index (χ1v) is 3.47. The van der Waals surface area contributed by atoms with Crippen LogP contribution in [0, 0.1) is 0 Å². The van der Waals surface area contributed by atoms with Crippen molar-refractivity contribution in [2.45, 2.75) is 18.5 Å². The van der Waals surface area contributed by atoms with Gasteiger partial charge in [-0.05, 0) is 6.92 Å². The molecule has 2 unspecified atom stereocenters. The molecule has 7 heavy (non-hydrogen) atoms. The van der Waals surface area contributed by atoms with E-state index in [1.807, 2.05) is 11.8 Å². The highest BCUT2D eigenvalue weighted by atomic mass is 32.2. The lowest BCUT2D eigenvalue weighted by Crippen LogP contribution is -2.35. The lowest BCUT2D eigenvalue weighted by atomic mass is 10.6. The Hall–Kier alpha value is 0.270. The van der Waals surface area contributed by atoms with Gasteiger partial charge in [0.05, 0.1) is 11.5 Å². The largest absolute Gasteiger partial charge is 0.315 e. The van der Waals surface area contributed by atoms with Gasteiger partial charge >= 0.3 is 0 Å². The number of hydrogen-bond donors (Lipinski definition) is 2. The van der Waals surface area contributed by atoms with Gasteiger partial charge in [0.25, 0.3) is 0 Å². The molecule has 1 saturated heterocycles. The topological polar surface area (TPSA) is 38.0 Å². The van der Waals surface area contributed by atoms with Crippen LogP contribution in [-0.2, 0) is 0 Å². The third-order valence-corrected chi connectivity index (χ3v) is 2.16. The molecule has 1 aliphatic rings. The zero-order chi connectivity index (χ0) is 5.28. The quantitative estimate of drug-likeness (QED) is 0.468. The van der Waals surface area contributed by atoms with Crippen LogP contribution in [-0.4, -0.2) is 17.3 Å². The van der Waals surface area contributed by atoms with Crippen LogP contribution in [0.1, 0.15) is 6.92 Å². The second-order valence-corrected chi connectivity index (χ2v) is 3.12. The van der Waals surface area contributed by atoms with E-state index in [2.05, 4.69) is 12.2 Å². The van der Waals surface area contributed by atoms with Gasteiger partial charge in [0, 0.05) is 5.75 Å². The van der Waals surface area contributed by atoms with E-state index >= 15 is 0 Å². The average Bonchev–Trinajstić information content (AvgIpc) is 1.87. The minimum absolute atomic E-state index is 0.236. The molecular weight excluding hydrogens is 108 g/mol. The van der Waals surface area contributed by atoms with Crippen LogP contribution in [0.4, 0.5) is 0 Å². The molecular formula is C4H10N2S. The predicted octanol–water partition coefficient (Wildman–Crippen LogP) is -0.0464. The van der Waals surface area contributed by atoms with Crippen molar-refractivity contribution >= 4 is 11.8 Å². The highest BCUT2D eigenvalue weighted by molar-refractivity contribution is 8.00. The second-order valence-electron chi connectivity index (χ2n) is 1.75. The molecule has 0 aromatic heterocycles. The predicted molar refractivity (Wildman–Crippen MR) is 33.0 cm³/mol. The summed E-state index contributed by atoms with van der Waals surface area (Å²) >= 11 is 1.87. The molecule has 0 aromatic rings. The molecule has 3 N–H and O–H groups in total. The maximum Gasteiger partial charge on any atom is 0.0648 e. The van der Waals surface area contributed by atoms with Crippen LogP contribution in [0.5, 0.6) is 0 Å². The summed E-state index contributed by atoms with van der Waals surface area (Å²) in [6.07, 6.45) is 0.236. The second kappa shape index (κ2) is 2.03. The van der Waals surface area contributed by atoms with Crippen molar-refractivity contribution in [3.05, 3.63) is 0 Å². The van der Waals surface area contributed by atoms with Gasteiger partial charge < -0.3 is 5.73 Å². The molecule has 0 aliphatic carbocycles. The average molecular weight is 118 g/mol. The summed E-state index contributed by atoms with van der Waals surface area (Å²) in [6.45, 7) is 2.12. The zero-order valence-electron chi connectivity index (χ0n) is 4.35. The van der Waals surface area contributed by atoms with E-state index in [9.17, 15) is 0 Å². The van der Waals surface area contributed by atoms with E-state index in [1.54, 1.807) is 0 Å². The molecule has 2 nitrogen and oxygen atoms in total. The molecule has 0 radical (unpaired) electrons. The minimum Gasteiger partial charge on any atom is -0.315 e. The maximum atomic E-state index is 5.49. The highest BCUT2D eigenvalue weighted by Gasteiger charge is 2.15. The number of thioether (sulfide) groups is 1. The summed E-state index contributed by atoms with van der Waals surface area (Å²) in [5.74, 6) is 1.06. The first-order valence-electron chi connectivity index (χ1n) is 2.42. The van der Waals surface area contributed by atoms with Gasteiger partial charge in [-0.15, -0.1) is 11.8 Å². The van der Waals surface area contributed by atoms with Gasteiger partial charge in [-0.3, -0.25) is 5.32 Å². The standard InChI is InChI=1S/C4H10N2S/c1-3-6-4(5)2-7-3/h3-4,6H,2,5H2,1H3. The van der Waals surface area contributed by atoms with E-state index in [0.717, 1.165) is 5.75 Å². The summed E-state index contributed by atoms with van der Waals surface area (Å²) in [5.41, 5.74) is 5.49. The first kappa shape index (κ1) is 5.41. The highest BCUT2D eigenvalue weighted by Crippen LogP contribution is 2.14. The Bertz CT molecular complexity index is 58.7. The van der Waals surface area contributed by atoms with Gasteiger partial charge in [-0.2, -0.15) is 0 Å². The van der Waals surface area contributed by atoms with Crippen molar-refractivity contribution in [2.75, 3.05) is 5.75 Å². The fraction of sp³-hybridized carbons (Fsp3) is 1.00. The molecule has 2 atom stereocenters. The molecule has 42 valence electrons. The minimum atomic E-state index is 0.236. The summed E-state index contributed by atoms with van der Waals surface area (Å²) in [7, 11) is 0. The van der Waals surface area contributed by atoms with Crippen LogP contribution in [0.2, 0.25) is 0 Å². The molecule has 3 heteroatoms. The number of nitrogens with one attached hydrogen (secondary N) is 1. The normalized spacial score (nSPS) is 42.0. The number of nitrogens with two attached hydrogens (primary N) is 1. The summed E-state index contributed by atoms with van der Waals surface area (Å²) in [5, 5.41) is 3.72. The van der Waals surface area contributed by atoms with E-state index in [1.165, 1.54) is 0 Å². The van der Waals surface area contributed by atoms with Crippen LogP contribution < -0.4 is 11.1 Å². The third kappa shape index (κ3) is 1.33. The van der Waals surface area contributed by atoms with Crippen LogP contribution in [0.15, 0.2) is 0 Å². The van der Waals surface area contributed by atoms with Gasteiger partial charge in [0.15, 0.2) is 0 Å². The molecule has 0 spiro atoms. The Labute approximate surface area is 47.8 Å². The van der Waals surface area contributed by atoms with E-state index < -0.39 is 0 Å². The molecule has 0 bridgehead atoms. The monoisotopic (exact) mass is 118 g/mol. The first-order chi connectivity index (χ1) is 3.29. The van der Waals surface area contributed by atoms with Gasteiger partial charge in [0.2, 0.25) is 0 Å². The lowest BCUT2D eigenvalue weighted by molar-refractivity contribution is 0.603. The summed E-state index contributed by atoms with van der Waals surface area (Å²) in [6, 6.07) is 0. The molecule has 0 aromatic carbocycles. The van der Waals surface area contributed by atoms with Crippen LogP contribution in [0.3, 0.4) is 0 Å². The SMILES string of the molecule is CC1NC(N)CS1. The maximum absolute atomic E-state index is 5.49. The molecule has 0 saturated carbocycles. The van der Waals surface area contributed by atoms with Crippen LogP contribution in [0.25, 0.3) is 0 Å². The van der Waals surface area contributed by atoms with Crippen molar-refractivity contribution in [2.24, 2.45) is 5.73 Å². The van der Waals surface area contributed by atoms with E-state index in [-0.39, 0.29) is 6.17 Å². The molecule has 1 rings (SSSR count). The van der Waals surface area contributed by atoms with E-state index in [0.29, 0.717) is 5.37 Å². The Balaban J connectivity index is 2.26. The lowest BCUT2D eigenvalue weighted by Gasteiger charge is -2.00. The van der Waals surface area contributed by atoms with Gasteiger partial charge in [-0.25, -0.2) is 0 Å². The Morgan fingerprint density at radius 3 is 2.71 bits per heavy atom. The van der Waals surface area contributed by atoms with Gasteiger partial charge in [-0.1, -0.05) is 0 Å². The van der Waals surface area contributed by atoms with Crippen molar-refractivity contribution in [3.8, 4) is 0 Å². The number of hydrogen-bond acceptors (Lipinski definition) is 3. The molecule has 0 amide bonds. The van der Waals surface area contributed by atoms with Crippen molar-refractivity contribution in [3.63, 3.8) is 0 Å². The van der Waals surface area contributed by atoms with Crippen molar-refractivity contribution in [1.29, 1.82) is 0 Å². The fourth-order valence-corrected chi connectivity index (χ4v) is 1.51. The Morgan fingerprint density at radius 2 is 2.57 bits per heavy atom. The van der Waals surface area contributed by atoms with Crippen molar-refractivity contribution < 1.29 is 0 Å². The molecule has 1 aliphatic heterocycles. The molecule has 1 heterocycles. The molecule has 1 fully saturated rings. The number of rotatable bonds is 0. The Kier molecular flexibility index (Phi) is 1.57. The Morgan fingerprint density at radius 1 is 1.86 bits per heavy atom. The van der Waals surface area contributed by atoms with Crippen molar-refractivity contribution in [1.82, 2.24) is 5.32 Å². The summed E-state index contributed by atoms with van der Waals surface area (Å²) < 4.78 is 0. The third-order valence-electron chi connectivity index (χ3n) is 0.975. The smallest absolute Gasteiger partial charge is 0.0648 e. The van der Waals surface area contributed by atoms with Gasteiger partial charge in [0.1, 0.15) is 0 Å². The van der Waals surface area contributed by atoms with E-state index in [4.69, 9.17) is 5.73 Å².